The number of rotatable bonds is 5. The SMILES string of the molecule is N=C(N)c1ccc2c(c1)CN(C(=O)c1ccc(Cl)cc1)CC(=O)N2Cc1ccc(C(=O)N2CC=CC2)cc1.O=C(O)C(F)(F)F. The molecule has 3 amide bonds. The molecule has 0 saturated carbocycles. The van der Waals surface area contributed by atoms with Gasteiger partial charge >= 0.3 is 12.1 Å². The highest BCUT2D eigenvalue weighted by molar-refractivity contribution is 6.30. The van der Waals surface area contributed by atoms with Gasteiger partial charge < -0.3 is 25.5 Å². The molecule has 0 bridgehead atoms. The molecule has 0 radical (unpaired) electrons. The molecule has 0 atom stereocenters. The fourth-order valence-corrected chi connectivity index (χ4v) is 4.77. The van der Waals surface area contributed by atoms with Gasteiger partial charge in [0.25, 0.3) is 11.8 Å². The number of fused-ring (bicyclic) bond motifs is 1. The molecular formula is C31H27ClF3N5O5. The van der Waals surface area contributed by atoms with Crippen molar-refractivity contribution in [3.05, 3.63) is 112 Å². The van der Waals surface area contributed by atoms with Gasteiger partial charge in [0.05, 0.1) is 6.54 Å². The highest BCUT2D eigenvalue weighted by Gasteiger charge is 2.38. The van der Waals surface area contributed by atoms with E-state index in [4.69, 9.17) is 32.6 Å². The van der Waals surface area contributed by atoms with Crippen LogP contribution in [0, 0.1) is 5.41 Å². The summed E-state index contributed by atoms with van der Waals surface area (Å²) in [6.45, 7) is 1.52. The number of halogens is 4. The molecule has 0 spiro atoms. The van der Waals surface area contributed by atoms with E-state index >= 15 is 0 Å². The van der Waals surface area contributed by atoms with E-state index in [1.807, 2.05) is 24.3 Å². The molecule has 2 aliphatic heterocycles. The lowest BCUT2D eigenvalue weighted by molar-refractivity contribution is -0.192. The number of nitrogens with two attached hydrogens (primary N) is 1. The predicted molar refractivity (Wildman–Crippen MR) is 160 cm³/mol. The van der Waals surface area contributed by atoms with Crippen molar-refractivity contribution in [2.24, 2.45) is 5.73 Å². The van der Waals surface area contributed by atoms with E-state index in [0.29, 0.717) is 46.1 Å². The summed E-state index contributed by atoms with van der Waals surface area (Å²) in [5, 5.41) is 15.5. The number of carboxylic acids is 1. The third kappa shape index (κ3) is 8.06. The van der Waals surface area contributed by atoms with Crippen molar-refractivity contribution in [1.82, 2.24) is 9.80 Å². The van der Waals surface area contributed by atoms with Crippen LogP contribution >= 0.6 is 11.6 Å². The van der Waals surface area contributed by atoms with E-state index in [9.17, 15) is 27.6 Å². The van der Waals surface area contributed by atoms with Crippen LogP contribution in [0.3, 0.4) is 0 Å². The summed E-state index contributed by atoms with van der Waals surface area (Å²) in [5.74, 6) is -3.43. The standard InChI is InChI=1S/C29H26ClN5O3.C2HF3O2/c30-24-10-7-21(8-11-24)29(38)34-17-23-15-22(27(31)32)9-12-25(23)35(26(36)18-34)16-19-3-5-20(6-4-19)28(37)33-13-1-2-14-33;3-2(4,5)1(6)7/h1-12,15H,13-14,16-18H2,(H3,31,32);(H,6,7). The Morgan fingerprint density at radius 1 is 0.844 bits per heavy atom. The van der Waals surface area contributed by atoms with Gasteiger partial charge in [-0.25, -0.2) is 4.79 Å². The fraction of sp³-hybridized carbons (Fsp3) is 0.194. The van der Waals surface area contributed by atoms with Crippen molar-refractivity contribution in [3.63, 3.8) is 0 Å². The Morgan fingerprint density at radius 2 is 1.36 bits per heavy atom. The van der Waals surface area contributed by atoms with E-state index in [1.54, 1.807) is 64.4 Å². The first kappa shape index (κ1) is 32.7. The summed E-state index contributed by atoms with van der Waals surface area (Å²) in [4.78, 5) is 53.3. The first-order valence-corrected chi connectivity index (χ1v) is 13.8. The van der Waals surface area contributed by atoms with E-state index in [-0.39, 0.29) is 43.2 Å². The van der Waals surface area contributed by atoms with Crippen LogP contribution in [-0.2, 0) is 22.7 Å². The Labute approximate surface area is 260 Å². The largest absolute Gasteiger partial charge is 0.490 e. The average molecular weight is 642 g/mol. The van der Waals surface area contributed by atoms with Gasteiger partial charge in [-0.1, -0.05) is 35.9 Å². The molecule has 5 rings (SSSR count). The molecule has 3 aromatic carbocycles. The van der Waals surface area contributed by atoms with Gasteiger partial charge in [-0.2, -0.15) is 13.2 Å². The number of alkyl halides is 3. The monoisotopic (exact) mass is 641 g/mol. The number of carboxylic acid groups (broad SMARTS) is 1. The Hall–Kier alpha value is -5.17. The molecule has 4 N–H and O–H groups in total. The Kier molecular flexibility index (Phi) is 9.92. The number of hydrogen-bond donors (Lipinski definition) is 3. The van der Waals surface area contributed by atoms with Crippen LogP contribution in [0.25, 0.3) is 0 Å². The molecule has 10 nitrogen and oxygen atoms in total. The maximum Gasteiger partial charge on any atom is 0.490 e. The molecular weight excluding hydrogens is 615 g/mol. The smallest absolute Gasteiger partial charge is 0.475 e. The predicted octanol–water partition coefficient (Wildman–Crippen LogP) is 4.46. The van der Waals surface area contributed by atoms with Gasteiger partial charge in [-0.15, -0.1) is 0 Å². The van der Waals surface area contributed by atoms with E-state index in [1.165, 1.54) is 4.90 Å². The molecule has 45 heavy (non-hydrogen) atoms. The summed E-state index contributed by atoms with van der Waals surface area (Å²) in [5.41, 5.74) is 9.45. The summed E-state index contributed by atoms with van der Waals surface area (Å²) in [7, 11) is 0. The van der Waals surface area contributed by atoms with Crippen LogP contribution in [-0.4, -0.2) is 70.2 Å². The van der Waals surface area contributed by atoms with Crippen molar-refractivity contribution in [2.75, 3.05) is 24.5 Å². The number of amides is 3. The highest BCUT2D eigenvalue weighted by atomic mass is 35.5. The Bertz CT molecular complexity index is 1650. The van der Waals surface area contributed by atoms with Crippen LogP contribution in [0.5, 0.6) is 0 Å². The maximum absolute atomic E-state index is 13.5. The van der Waals surface area contributed by atoms with Gasteiger partial charge in [-0.3, -0.25) is 19.8 Å². The number of hydrogen-bond acceptors (Lipinski definition) is 5. The average Bonchev–Trinajstić information content (AvgIpc) is 3.50. The van der Waals surface area contributed by atoms with Gasteiger partial charge in [-0.05, 0) is 65.7 Å². The second-order valence-corrected chi connectivity index (χ2v) is 10.5. The fourth-order valence-electron chi connectivity index (χ4n) is 4.64. The van der Waals surface area contributed by atoms with Gasteiger partial charge in [0.15, 0.2) is 0 Å². The molecule has 0 aliphatic carbocycles. The van der Waals surface area contributed by atoms with E-state index in [0.717, 1.165) is 5.56 Å². The number of aliphatic carboxylic acids is 1. The number of carbonyl (C=O) groups excluding carboxylic acids is 3. The van der Waals surface area contributed by atoms with Crippen LogP contribution in [0.2, 0.25) is 5.02 Å². The summed E-state index contributed by atoms with van der Waals surface area (Å²) < 4.78 is 31.7. The number of anilines is 1. The van der Waals surface area contributed by atoms with E-state index < -0.39 is 12.1 Å². The second kappa shape index (κ2) is 13.6. The number of carbonyl (C=O) groups is 4. The second-order valence-electron chi connectivity index (χ2n) is 10.1. The minimum absolute atomic E-state index is 0.0362. The first-order valence-electron chi connectivity index (χ1n) is 13.4. The molecule has 0 unspecified atom stereocenters. The van der Waals surface area contributed by atoms with Gasteiger partial charge in [0, 0.05) is 47.0 Å². The third-order valence-corrected chi connectivity index (χ3v) is 7.19. The lowest BCUT2D eigenvalue weighted by atomic mass is 10.1. The summed E-state index contributed by atoms with van der Waals surface area (Å²) in [6.07, 6.45) is -1.15. The van der Waals surface area contributed by atoms with Crippen molar-refractivity contribution >= 4 is 46.8 Å². The zero-order valence-electron chi connectivity index (χ0n) is 23.6. The Morgan fingerprint density at radius 3 is 1.89 bits per heavy atom. The molecule has 0 saturated heterocycles. The first-order chi connectivity index (χ1) is 21.2. The lowest BCUT2D eigenvalue weighted by Gasteiger charge is -2.24. The molecule has 234 valence electrons. The zero-order chi connectivity index (χ0) is 32.9. The summed E-state index contributed by atoms with van der Waals surface area (Å²) in [6, 6.07) is 19.0. The number of nitrogens with zero attached hydrogens (tertiary/aromatic N) is 3. The highest BCUT2D eigenvalue weighted by Crippen LogP contribution is 2.29. The van der Waals surface area contributed by atoms with Gasteiger partial charge in [0.1, 0.15) is 12.4 Å². The quantitative estimate of drug-likeness (QED) is 0.213. The molecule has 0 aromatic heterocycles. The molecule has 2 aliphatic rings. The van der Waals surface area contributed by atoms with Crippen molar-refractivity contribution < 1.29 is 37.5 Å². The maximum atomic E-state index is 13.5. The molecule has 3 aromatic rings. The topological polar surface area (TPSA) is 148 Å². The molecule has 14 heteroatoms. The normalized spacial score (nSPS) is 14.3. The van der Waals surface area contributed by atoms with Gasteiger partial charge in [0.2, 0.25) is 5.91 Å². The lowest BCUT2D eigenvalue weighted by Crippen LogP contribution is -2.39. The van der Waals surface area contributed by atoms with Crippen molar-refractivity contribution in [2.45, 2.75) is 19.3 Å². The van der Waals surface area contributed by atoms with Crippen molar-refractivity contribution in [3.8, 4) is 0 Å². The van der Waals surface area contributed by atoms with Crippen molar-refractivity contribution in [1.29, 1.82) is 5.41 Å². The molecule has 0 fully saturated rings. The minimum Gasteiger partial charge on any atom is -0.475 e. The number of benzene rings is 3. The van der Waals surface area contributed by atoms with Crippen LogP contribution in [0.4, 0.5) is 18.9 Å². The van der Waals surface area contributed by atoms with E-state index in [2.05, 4.69) is 0 Å². The van der Waals surface area contributed by atoms with Crippen LogP contribution < -0.4 is 10.6 Å². The number of nitrogen functional groups attached to an aromatic ring is 1. The molecule has 2 heterocycles. The van der Waals surface area contributed by atoms with Crippen LogP contribution in [0.1, 0.15) is 37.4 Å². The number of amidine groups is 1. The third-order valence-electron chi connectivity index (χ3n) is 6.94. The Balaban J connectivity index is 0.000000591. The van der Waals surface area contributed by atoms with Crippen LogP contribution in [0.15, 0.2) is 78.9 Å². The number of nitrogens with one attached hydrogen (secondary N) is 1. The zero-order valence-corrected chi connectivity index (χ0v) is 24.3. The summed E-state index contributed by atoms with van der Waals surface area (Å²) >= 11 is 5.98. The minimum atomic E-state index is -5.08.